The first kappa shape index (κ1) is 16.9. The van der Waals surface area contributed by atoms with Gasteiger partial charge in [-0.15, -0.1) is 0 Å². The van der Waals surface area contributed by atoms with Gasteiger partial charge in [-0.05, 0) is 46.2 Å². The highest BCUT2D eigenvalue weighted by Crippen LogP contribution is 2.42. The first-order valence-corrected chi connectivity index (χ1v) is 8.91. The maximum Gasteiger partial charge on any atom is 0.231 e. The fourth-order valence-electron chi connectivity index (χ4n) is 3.01. The van der Waals surface area contributed by atoms with Crippen molar-refractivity contribution in [3.63, 3.8) is 0 Å². The minimum atomic E-state index is -0.686. The lowest BCUT2D eigenvalue weighted by molar-refractivity contribution is -0.231. The van der Waals surface area contributed by atoms with Crippen LogP contribution in [0.25, 0.3) is 0 Å². The largest absolute Gasteiger partial charge is 0.446 e. The molecule has 0 aromatic carbocycles. The Morgan fingerprint density at radius 1 is 1.05 bits per heavy atom. The SMILES string of the molecule is CSC(=S)O[C@H]1O[C@H]([C@H]2COC(C)(C)O2)[C@@H]2OC(C)(C)O[C@H]12. The molecule has 3 saturated heterocycles. The van der Waals surface area contributed by atoms with Gasteiger partial charge in [0.1, 0.15) is 18.3 Å². The van der Waals surface area contributed by atoms with Crippen LogP contribution in [0.3, 0.4) is 0 Å². The van der Waals surface area contributed by atoms with Crippen LogP contribution in [0.5, 0.6) is 0 Å². The van der Waals surface area contributed by atoms with Crippen molar-refractivity contribution in [2.45, 2.75) is 70.0 Å². The maximum atomic E-state index is 6.00. The molecule has 0 aliphatic carbocycles. The van der Waals surface area contributed by atoms with E-state index in [1.165, 1.54) is 11.8 Å². The number of hydrogen-bond donors (Lipinski definition) is 0. The molecule has 0 spiro atoms. The summed E-state index contributed by atoms with van der Waals surface area (Å²) in [5.41, 5.74) is 0. The lowest BCUT2D eigenvalue weighted by Gasteiger charge is -2.26. The molecule has 22 heavy (non-hydrogen) atoms. The Hall–Kier alpha value is 0.0400. The molecular weight excluding hydrogens is 328 g/mol. The lowest BCUT2D eigenvalue weighted by Crippen LogP contribution is -2.40. The smallest absolute Gasteiger partial charge is 0.231 e. The molecule has 0 bridgehead atoms. The number of thioether (sulfide) groups is 1. The van der Waals surface area contributed by atoms with Gasteiger partial charge in [0.2, 0.25) is 10.7 Å². The topological polar surface area (TPSA) is 55.4 Å². The molecule has 0 unspecified atom stereocenters. The van der Waals surface area contributed by atoms with Crippen LogP contribution in [0, 0.1) is 0 Å². The monoisotopic (exact) mass is 350 g/mol. The second-order valence-electron chi connectivity index (χ2n) is 6.47. The fourth-order valence-corrected chi connectivity index (χ4v) is 3.29. The summed E-state index contributed by atoms with van der Waals surface area (Å²) in [6.45, 7) is 7.97. The third kappa shape index (κ3) is 3.28. The average Bonchev–Trinajstić information content (AvgIpc) is 3.01. The van der Waals surface area contributed by atoms with Crippen molar-refractivity contribution in [3.8, 4) is 0 Å². The molecule has 0 N–H and O–H groups in total. The van der Waals surface area contributed by atoms with Gasteiger partial charge in [0.15, 0.2) is 17.7 Å². The average molecular weight is 350 g/mol. The van der Waals surface area contributed by atoms with Crippen molar-refractivity contribution in [2.75, 3.05) is 12.9 Å². The summed E-state index contributed by atoms with van der Waals surface area (Å²) in [4.78, 5) is 0. The molecule has 0 aromatic rings. The molecule has 3 heterocycles. The van der Waals surface area contributed by atoms with Gasteiger partial charge in [0.25, 0.3) is 0 Å². The number of ether oxygens (including phenoxy) is 6. The zero-order valence-corrected chi connectivity index (χ0v) is 15.0. The van der Waals surface area contributed by atoms with E-state index >= 15 is 0 Å². The van der Waals surface area contributed by atoms with Gasteiger partial charge in [-0.2, -0.15) is 0 Å². The van der Waals surface area contributed by atoms with Gasteiger partial charge in [-0.1, -0.05) is 11.8 Å². The summed E-state index contributed by atoms with van der Waals surface area (Å²) >= 11 is 6.48. The number of thiocarbonyl (C=S) groups is 1. The molecular formula is C14H22O6S2. The number of hydrogen-bond acceptors (Lipinski definition) is 8. The quantitative estimate of drug-likeness (QED) is 0.702. The van der Waals surface area contributed by atoms with Crippen molar-refractivity contribution >= 4 is 28.4 Å². The molecule has 0 aromatic heterocycles. The molecule has 0 amide bonds. The van der Waals surface area contributed by atoms with E-state index in [0.29, 0.717) is 11.0 Å². The van der Waals surface area contributed by atoms with Gasteiger partial charge in [-0.25, -0.2) is 0 Å². The molecule has 3 aliphatic heterocycles. The van der Waals surface area contributed by atoms with E-state index in [-0.39, 0.29) is 24.4 Å². The second-order valence-corrected chi connectivity index (χ2v) is 7.88. The number of fused-ring (bicyclic) bond motifs is 1. The van der Waals surface area contributed by atoms with Gasteiger partial charge in [0, 0.05) is 0 Å². The van der Waals surface area contributed by atoms with Crippen molar-refractivity contribution in [3.05, 3.63) is 0 Å². The molecule has 126 valence electrons. The summed E-state index contributed by atoms with van der Waals surface area (Å²) in [6, 6.07) is 0. The highest BCUT2D eigenvalue weighted by Gasteiger charge is 2.60. The zero-order valence-electron chi connectivity index (χ0n) is 13.4. The molecule has 6 nitrogen and oxygen atoms in total. The third-order valence-corrected chi connectivity index (χ3v) is 4.85. The Morgan fingerprint density at radius 3 is 2.32 bits per heavy atom. The minimum Gasteiger partial charge on any atom is -0.446 e. The number of rotatable bonds is 2. The van der Waals surface area contributed by atoms with Gasteiger partial charge >= 0.3 is 0 Å². The van der Waals surface area contributed by atoms with Crippen molar-refractivity contribution in [1.29, 1.82) is 0 Å². The summed E-state index contributed by atoms with van der Waals surface area (Å²) < 4.78 is 35.6. The van der Waals surface area contributed by atoms with Crippen LogP contribution in [0.1, 0.15) is 27.7 Å². The van der Waals surface area contributed by atoms with E-state index in [4.69, 9.17) is 40.6 Å². The normalized spacial score (nSPS) is 42.3. The van der Waals surface area contributed by atoms with Crippen molar-refractivity contribution in [2.24, 2.45) is 0 Å². The summed E-state index contributed by atoms with van der Waals surface area (Å²) in [5.74, 6) is -1.30. The molecule has 5 atom stereocenters. The molecule has 0 radical (unpaired) electrons. The van der Waals surface area contributed by atoms with Crippen LogP contribution in [-0.4, -0.2) is 59.5 Å². The molecule has 3 fully saturated rings. The van der Waals surface area contributed by atoms with Gasteiger partial charge < -0.3 is 28.4 Å². The summed E-state index contributed by atoms with van der Waals surface area (Å²) in [7, 11) is 0. The Balaban J connectivity index is 1.75. The third-order valence-electron chi connectivity index (χ3n) is 3.82. The van der Waals surface area contributed by atoms with Gasteiger partial charge in [-0.3, -0.25) is 0 Å². The van der Waals surface area contributed by atoms with E-state index in [9.17, 15) is 0 Å². The van der Waals surface area contributed by atoms with E-state index in [1.807, 2.05) is 34.0 Å². The highest BCUT2D eigenvalue weighted by atomic mass is 32.2. The maximum absolute atomic E-state index is 6.00. The Bertz CT molecular complexity index is 455. The second kappa shape index (κ2) is 5.84. The standard InChI is InChI=1S/C14H22O6S2/c1-13(2)15-6-7(18-13)8-9-10(20-14(3,4)19-9)11(16-8)17-12(21)22-5/h7-11H,6H2,1-5H3/t7-,8-,9+,10+,11-/m1/s1. The van der Waals surface area contributed by atoms with Crippen LogP contribution in [0.15, 0.2) is 0 Å². The van der Waals surface area contributed by atoms with E-state index in [1.54, 1.807) is 0 Å². The Morgan fingerprint density at radius 2 is 1.73 bits per heavy atom. The van der Waals surface area contributed by atoms with Crippen molar-refractivity contribution in [1.82, 2.24) is 0 Å². The fraction of sp³-hybridized carbons (Fsp3) is 0.929. The molecule has 3 aliphatic rings. The van der Waals surface area contributed by atoms with Crippen LogP contribution in [0.4, 0.5) is 0 Å². The molecule has 3 rings (SSSR count). The highest BCUT2D eigenvalue weighted by molar-refractivity contribution is 8.22. The van der Waals surface area contributed by atoms with E-state index in [0.717, 1.165) is 0 Å². The Kier molecular flexibility index (Phi) is 4.48. The summed E-state index contributed by atoms with van der Waals surface area (Å²) in [5, 5.41) is 0. The predicted molar refractivity (Wildman–Crippen MR) is 84.6 cm³/mol. The van der Waals surface area contributed by atoms with Gasteiger partial charge in [0.05, 0.1) is 6.61 Å². The molecule has 0 saturated carbocycles. The zero-order chi connectivity index (χ0) is 16.1. The predicted octanol–water partition coefficient (Wildman–Crippen LogP) is 2.05. The lowest BCUT2D eigenvalue weighted by atomic mass is 10.1. The van der Waals surface area contributed by atoms with E-state index < -0.39 is 17.9 Å². The van der Waals surface area contributed by atoms with Crippen LogP contribution in [0.2, 0.25) is 0 Å². The van der Waals surface area contributed by atoms with Crippen LogP contribution < -0.4 is 0 Å². The summed E-state index contributed by atoms with van der Waals surface area (Å²) in [6.07, 6.45) is 0.117. The van der Waals surface area contributed by atoms with Crippen LogP contribution in [-0.2, 0) is 28.4 Å². The Labute approximate surface area is 140 Å². The van der Waals surface area contributed by atoms with Crippen molar-refractivity contribution < 1.29 is 28.4 Å². The van der Waals surface area contributed by atoms with E-state index in [2.05, 4.69) is 0 Å². The van der Waals surface area contributed by atoms with Crippen LogP contribution >= 0.6 is 24.0 Å². The molecule has 8 heteroatoms. The first-order valence-electron chi connectivity index (χ1n) is 7.28. The minimum absolute atomic E-state index is 0.226. The first-order chi connectivity index (χ1) is 10.2.